The standard InChI is InChI=1S/C29H56O5/c1-10-24(12-11-18(2)3)29(34)22(8)15-20(6)14-21(7)26(31)16-25(30)17-28(33)23(9)27(32)13-19(4)5/h12,14,18-20,22-23,25-34H,10-11,13,15-17H2,1-9H3/b21-14+,24-12+/t20-,22?,23+,25+,26+,27+,28+,29+/m1/s1. The lowest BCUT2D eigenvalue weighted by atomic mass is 9.86. The van der Waals surface area contributed by atoms with Crippen molar-refractivity contribution in [1.82, 2.24) is 0 Å². The molecule has 0 bridgehead atoms. The van der Waals surface area contributed by atoms with Crippen molar-refractivity contribution in [2.75, 3.05) is 0 Å². The van der Waals surface area contributed by atoms with Crippen LogP contribution in [0.3, 0.4) is 0 Å². The molecule has 8 atom stereocenters. The minimum Gasteiger partial charge on any atom is -0.393 e. The van der Waals surface area contributed by atoms with Crippen LogP contribution in [0.5, 0.6) is 0 Å². The van der Waals surface area contributed by atoms with Crippen LogP contribution < -0.4 is 0 Å². The van der Waals surface area contributed by atoms with Crippen molar-refractivity contribution in [3.05, 3.63) is 23.3 Å². The normalized spacial score (nSPS) is 20.7. The van der Waals surface area contributed by atoms with Crippen molar-refractivity contribution in [2.24, 2.45) is 29.6 Å². The van der Waals surface area contributed by atoms with Gasteiger partial charge in [-0.1, -0.05) is 67.5 Å². The second-order valence-corrected chi connectivity index (χ2v) is 11.6. The van der Waals surface area contributed by atoms with E-state index in [2.05, 4.69) is 40.7 Å². The molecule has 0 spiro atoms. The highest BCUT2D eigenvalue weighted by Crippen LogP contribution is 2.26. The summed E-state index contributed by atoms with van der Waals surface area (Å²) in [6.07, 6.45) is 4.17. The summed E-state index contributed by atoms with van der Waals surface area (Å²) < 4.78 is 0. The molecule has 0 saturated carbocycles. The Kier molecular flexibility index (Phi) is 16.5. The zero-order valence-corrected chi connectivity index (χ0v) is 23.4. The molecule has 5 N–H and O–H groups in total. The van der Waals surface area contributed by atoms with E-state index in [1.165, 1.54) is 0 Å². The lowest BCUT2D eigenvalue weighted by molar-refractivity contribution is -0.0194. The number of allylic oxidation sites excluding steroid dienone is 2. The van der Waals surface area contributed by atoms with E-state index >= 15 is 0 Å². The maximum Gasteiger partial charge on any atom is 0.0775 e. The number of aliphatic hydroxyl groups is 5. The summed E-state index contributed by atoms with van der Waals surface area (Å²) in [5, 5.41) is 52.5. The third-order valence-electron chi connectivity index (χ3n) is 6.93. The lowest BCUT2D eigenvalue weighted by Crippen LogP contribution is -2.34. The summed E-state index contributed by atoms with van der Waals surface area (Å²) in [5.41, 5.74) is 1.89. The van der Waals surface area contributed by atoms with Gasteiger partial charge in [0.05, 0.1) is 30.5 Å². The molecule has 0 radical (unpaired) electrons. The van der Waals surface area contributed by atoms with Gasteiger partial charge in [0.25, 0.3) is 0 Å². The molecule has 0 aliphatic carbocycles. The van der Waals surface area contributed by atoms with Crippen molar-refractivity contribution >= 4 is 0 Å². The van der Waals surface area contributed by atoms with Crippen molar-refractivity contribution in [3.63, 3.8) is 0 Å². The van der Waals surface area contributed by atoms with Gasteiger partial charge < -0.3 is 25.5 Å². The number of rotatable bonds is 17. The van der Waals surface area contributed by atoms with Crippen LogP contribution in [0.2, 0.25) is 0 Å². The van der Waals surface area contributed by atoms with E-state index in [0.29, 0.717) is 18.3 Å². The summed E-state index contributed by atoms with van der Waals surface area (Å²) in [4.78, 5) is 0. The molecule has 0 aromatic rings. The Balaban J connectivity index is 4.81. The van der Waals surface area contributed by atoms with Gasteiger partial charge in [0.1, 0.15) is 0 Å². The molecule has 0 heterocycles. The smallest absolute Gasteiger partial charge is 0.0775 e. The fourth-order valence-corrected chi connectivity index (χ4v) is 4.56. The topological polar surface area (TPSA) is 101 Å². The monoisotopic (exact) mass is 484 g/mol. The van der Waals surface area contributed by atoms with Crippen molar-refractivity contribution in [1.29, 1.82) is 0 Å². The SMILES string of the molecule is CC/C(=C\CC(C)C)[C@@H](O)C(C)C[C@H](C)/C=C(\C)[C@@H](O)C[C@H](O)C[C@H](O)[C@@H](C)[C@@H](O)CC(C)C. The molecule has 5 nitrogen and oxygen atoms in total. The van der Waals surface area contributed by atoms with Gasteiger partial charge >= 0.3 is 0 Å². The van der Waals surface area contributed by atoms with E-state index in [-0.39, 0.29) is 30.6 Å². The van der Waals surface area contributed by atoms with E-state index in [1.54, 1.807) is 6.92 Å². The maximum atomic E-state index is 10.8. The molecule has 0 aliphatic rings. The Hall–Kier alpha value is -0.720. The van der Waals surface area contributed by atoms with Gasteiger partial charge in [-0.05, 0) is 73.8 Å². The zero-order valence-electron chi connectivity index (χ0n) is 23.4. The first-order valence-corrected chi connectivity index (χ1v) is 13.5. The maximum absolute atomic E-state index is 10.8. The minimum absolute atomic E-state index is 0.106. The second kappa shape index (κ2) is 16.9. The molecule has 34 heavy (non-hydrogen) atoms. The van der Waals surface area contributed by atoms with E-state index < -0.39 is 30.5 Å². The van der Waals surface area contributed by atoms with Crippen LogP contribution in [-0.2, 0) is 0 Å². The largest absolute Gasteiger partial charge is 0.393 e. The van der Waals surface area contributed by atoms with Gasteiger partial charge in [-0.3, -0.25) is 0 Å². The molecule has 5 heteroatoms. The Bertz CT molecular complexity index is 597. The van der Waals surface area contributed by atoms with E-state index in [4.69, 9.17) is 0 Å². The van der Waals surface area contributed by atoms with E-state index in [1.807, 2.05) is 26.8 Å². The zero-order chi connectivity index (χ0) is 26.6. The van der Waals surface area contributed by atoms with E-state index in [0.717, 1.165) is 30.4 Å². The van der Waals surface area contributed by atoms with Crippen LogP contribution in [0.4, 0.5) is 0 Å². The highest BCUT2D eigenvalue weighted by molar-refractivity contribution is 5.11. The van der Waals surface area contributed by atoms with Crippen LogP contribution >= 0.6 is 0 Å². The fourth-order valence-electron chi connectivity index (χ4n) is 4.56. The molecule has 0 aliphatic heterocycles. The lowest BCUT2D eigenvalue weighted by Gasteiger charge is -2.27. The molecule has 0 saturated heterocycles. The average Bonchev–Trinajstić information content (AvgIpc) is 2.72. The second-order valence-electron chi connectivity index (χ2n) is 11.6. The van der Waals surface area contributed by atoms with Crippen molar-refractivity contribution in [3.8, 4) is 0 Å². The number of aliphatic hydroxyl groups excluding tert-OH is 5. The highest BCUT2D eigenvalue weighted by atomic mass is 16.3. The molecule has 1 unspecified atom stereocenters. The Morgan fingerprint density at radius 3 is 1.79 bits per heavy atom. The summed E-state index contributed by atoms with van der Waals surface area (Å²) in [7, 11) is 0. The fraction of sp³-hybridized carbons (Fsp3) is 0.862. The average molecular weight is 485 g/mol. The van der Waals surface area contributed by atoms with Gasteiger partial charge in [-0.25, -0.2) is 0 Å². The van der Waals surface area contributed by atoms with Crippen LogP contribution in [0.1, 0.15) is 101 Å². The Morgan fingerprint density at radius 2 is 1.29 bits per heavy atom. The molecule has 0 rings (SSSR count). The quantitative estimate of drug-likeness (QED) is 0.182. The van der Waals surface area contributed by atoms with Gasteiger partial charge in [-0.2, -0.15) is 0 Å². The summed E-state index contributed by atoms with van der Waals surface area (Å²) in [6, 6.07) is 0. The molecular weight excluding hydrogens is 428 g/mol. The van der Waals surface area contributed by atoms with Gasteiger partial charge in [0, 0.05) is 12.3 Å². The van der Waals surface area contributed by atoms with Gasteiger partial charge in [0.15, 0.2) is 0 Å². The Morgan fingerprint density at radius 1 is 0.735 bits per heavy atom. The predicted molar refractivity (Wildman–Crippen MR) is 142 cm³/mol. The van der Waals surface area contributed by atoms with Crippen LogP contribution in [0.25, 0.3) is 0 Å². The highest BCUT2D eigenvalue weighted by Gasteiger charge is 2.26. The van der Waals surface area contributed by atoms with Crippen LogP contribution in [0.15, 0.2) is 23.3 Å². The molecule has 202 valence electrons. The third kappa shape index (κ3) is 13.4. The first-order valence-electron chi connectivity index (χ1n) is 13.5. The first kappa shape index (κ1) is 33.3. The molecule has 0 aromatic heterocycles. The number of hydrogen-bond donors (Lipinski definition) is 5. The first-order chi connectivity index (χ1) is 15.7. The summed E-state index contributed by atoms with van der Waals surface area (Å²) in [6.45, 7) is 18.3. The summed E-state index contributed by atoms with van der Waals surface area (Å²) in [5.74, 6) is 0.853. The third-order valence-corrected chi connectivity index (χ3v) is 6.93. The molecule has 0 amide bonds. The van der Waals surface area contributed by atoms with Gasteiger partial charge in [-0.15, -0.1) is 0 Å². The van der Waals surface area contributed by atoms with Gasteiger partial charge in [0.2, 0.25) is 0 Å². The minimum atomic E-state index is -0.851. The van der Waals surface area contributed by atoms with Crippen molar-refractivity contribution in [2.45, 2.75) is 131 Å². The van der Waals surface area contributed by atoms with Crippen LogP contribution in [-0.4, -0.2) is 56.1 Å². The molecular formula is C29H56O5. The van der Waals surface area contributed by atoms with Crippen LogP contribution in [0, 0.1) is 29.6 Å². The predicted octanol–water partition coefficient (Wildman–Crippen LogP) is 5.24. The van der Waals surface area contributed by atoms with E-state index in [9.17, 15) is 25.5 Å². The number of hydrogen-bond acceptors (Lipinski definition) is 5. The Labute approximate surface area is 210 Å². The molecule has 0 aromatic carbocycles. The molecule has 0 fully saturated rings. The van der Waals surface area contributed by atoms with Crippen molar-refractivity contribution < 1.29 is 25.5 Å². The summed E-state index contributed by atoms with van der Waals surface area (Å²) >= 11 is 0.